The molecule has 5 heteroatoms. The maximum Gasteiger partial charge on any atom is 0.311 e. The lowest BCUT2D eigenvalue weighted by molar-refractivity contribution is -0.134. The van der Waals surface area contributed by atoms with E-state index in [0.29, 0.717) is 29.0 Å². The molecular weight excluding hydrogens is 402 g/mol. The Morgan fingerprint density at radius 2 is 1.34 bits per heavy atom. The first-order valence-electron chi connectivity index (χ1n) is 10.6. The Kier molecular flexibility index (Phi) is 5.35. The normalized spacial score (nSPS) is 17.4. The summed E-state index contributed by atoms with van der Waals surface area (Å²) in [6, 6.07) is 28.2. The fourth-order valence-corrected chi connectivity index (χ4v) is 4.30. The highest BCUT2D eigenvalue weighted by Gasteiger charge is 2.37. The van der Waals surface area contributed by atoms with Crippen LogP contribution in [0, 0.1) is 0 Å². The van der Waals surface area contributed by atoms with Gasteiger partial charge in [0.25, 0.3) is 0 Å². The molecule has 0 aliphatic carbocycles. The van der Waals surface area contributed by atoms with E-state index >= 15 is 0 Å². The molecule has 1 aliphatic heterocycles. The van der Waals surface area contributed by atoms with Crippen molar-refractivity contribution in [3.8, 4) is 5.75 Å². The van der Waals surface area contributed by atoms with Crippen LogP contribution in [0.4, 0.5) is 5.69 Å². The minimum absolute atomic E-state index is 0.174. The first kappa shape index (κ1) is 20.2. The fourth-order valence-electron chi connectivity index (χ4n) is 4.30. The number of carbonyl (C=O) groups is 1. The van der Waals surface area contributed by atoms with Gasteiger partial charge in [0.2, 0.25) is 0 Å². The van der Waals surface area contributed by atoms with E-state index in [1.165, 1.54) is 0 Å². The topological polar surface area (TPSA) is 70.0 Å². The number of aliphatic hydroxyl groups is 2. The summed E-state index contributed by atoms with van der Waals surface area (Å²) in [5.41, 5.74) is 2.93. The van der Waals surface area contributed by atoms with Gasteiger partial charge in [-0.25, -0.2) is 0 Å². The molecule has 0 aromatic heterocycles. The molecule has 5 rings (SSSR count). The van der Waals surface area contributed by atoms with Gasteiger partial charge < -0.3 is 19.8 Å². The molecule has 5 nitrogen and oxygen atoms in total. The van der Waals surface area contributed by atoms with Crippen LogP contribution in [-0.4, -0.2) is 16.2 Å². The zero-order chi connectivity index (χ0) is 22.1. The van der Waals surface area contributed by atoms with Crippen molar-refractivity contribution >= 4 is 22.4 Å². The molecule has 1 aliphatic rings. The van der Waals surface area contributed by atoms with Crippen LogP contribution in [0.25, 0.3) is 10.8 Å². The molecule has 4 aromatic carbocycles. The third kappa shape index (κ3) is 3.73. The zero-order valence-electron chi connectivity index (χ0n) is 17.4. The number of esters is 1. The van der Waals surface area contributed by atoms with Crippen molar-refractivity contribution < 1.29 is 19.7 Å². The average molecular weight is 425 g/mol. The van der Waals surface area contributed by atoms with Gasteiger partial charge in [-0.2, -0.15) is 0 Å². The van der Waals surface area contributed by atoms with Gasteiger partial charge >= 0.3 is 5.97 Å². The number of hydrogen-bond acceptors (Lipinski definition) is 5. The Morgan fingerprint density at radius 1 is 0.781 bits per heavy atom. The van der Waals surface area contributed by atoms with Crippen molar-refractivity contribution in [2.75, 3.05) is 4.90 Å². The minimum Gasteiger partial charge on any atom is -0.427 e. The minimum atomic E-state index is -0.975. The average Bonchev–Trinajstić information content (AvgIpc) is 3.08. The number of aliphatic hydroxyl groups excluding tert-OH is 2. The summed E-state index contributed by atoms with van der Waals surface area (Å²) in [5, 5.41) is 24.0. The number of para-hydroxylation sites is 1. The van der Waals surface area contributed by atoms with Crippen LogP contribution in [0.3, 0.4) is 0 Å². The third-order valence-electron chi connectivity index (χ3n) is 5.88. The predicted molar refractivity (Wildman–Crippen MR) is 123 cm³/mol. The first-order valence-corrected chi connectivity index (χ1v) is 10.6. The van der Waals surface area contributed by atoms with Gasteiger partial charge in [0.1, 0.15) is 5.75 Å². The Bertz CT molecular complexity index is 1240. The van der Waals surface area contributed by atoms with Crippen molar-refractivity contribution in [3.05, 3.63) is 108 Å². The summed E-state index contributed by atoms with van der Waals surface area (Å²) in [6.07, 6.45) is -1.36. The monoisotopic (exact) mass is 425 g/mol. The molecule has 2 N–H and O–H groups in total. The van der Waals surface area contributed by atoms with E-state index in [4.69, 9.17) is 4.74 Å². The number of carbonyl (C=O) groups excluding carboxylic acids is 1. The van der Waals surface area contributed by atoms with E-state index in [9.17, 15) is 15.0 Å². The lowest BCUT2D eigenvalue weighted by atomic mass is 10.0. The molecule has 2 unspecified atom stereocenters. The summed E-state index contributed by atoms with van der Waals surface area (Å²) in [7, 11) is 0. The van der Waals surface area contributed by atoms with Gasteiger partial charge in [0, 0.05) is 16.8 Å². The molecule has 1 heterocycles. The van der Waals surface area contributed by atoms with Crippen LogP contribution >= 0.6 is 0 Å². The first-order chi connectivity index (χ1) is 15.6. The highest BCUT2D eigenvalue weighted by Crippen LogP contribution is 2.44. The van der Waals surface area contributed by atoms with Crippen LogP contribution < -0.4 is 9.64 Å². The van der Waals surface area contributed by atoms with E-state index in [1.807, 2.05) is 78.9 Å². The number of aryl methyl sites for hydroxylation is 1. The second kappa shape index (κ2) is 8.46. The molecule has 32 heavy (non-hydrogen) atoms. The van der Waals surface area contributed by atoms with Gasteiger partial charge in [-0.05, 0) is 47.0 Å². The lowest BCUT2D eigenvalue weighted by Gasteiger charge is -2.29. The number of benzene rings is 4. The van der Waals surface area contributed by atoms with Crippen molar-refractivity contribution in [2.24, 2.45) is 0 Å². The maximum absolute atomic E-state index is 12.5. The van der Waals surface area contributed by atoms with Gasteiger partial charge in [0.05, 0.1) is 6.42 Å². The Morgan fingerprint density at radius 3 is 2.00 bits per heavy atom. The largest absolute Gasteiger partial charge is 0.427 e. The number of ether oxygens (including phenoxy) is 1. The summed E-state index contributed by atoms with van der Waals surface area (Å²) in [4.78, 5) is 14.1. The number of hydrogen-bond donors (Lipinski definition) is 2. The molecule has 0 spiro atoms. The Labute approximate surface area is 186 Å². The molecule has 2 atom stereocenters. The molecule has 4 aromatic rings. The van der Waals surface area contributed by atoms with Crippen molar-refractivity contribution in [2.45, 2.75) is 25.3 Å². The van der Waals surface area contributed by atoms with Gasteiger partial charge in [-0.3, -0.25) is 4.79 Å². The van der Waals surface area contributed by atoms with Crippen LogP contribution in [0.5, 0.6) is 5.75 Å². The summed E-state index contributed by atoms with van der Waals surface area (Å²) >= 11 is 0. The number of rotatable bonds is 5. The molecule has 0 fully saturated rings. The quantitative estimate of drug-likeness (QED) is 0.352. The summed E-state index contributed by atoms with van der Waals surface area (Å²) < 4.78 is 5.43. The highest BCUT2D eigenvalue weighted by molar-refractivity contribution is 5.88. The Balaban J connectivity index is 1.47. The molecule has 0 saturated carbocycles. The van der Waals surface area contributed by atoms with Crippen LogP contribution in [-0.2, 0) is 11.2 Å². The predicted octanol–water partition coefficient (Wildman–Crippen LogP) is 4.88. The van der Waals surface area contributed by atoms with Crippen molar-refractivity contribution in [1.29, 1.82) is 0 Å². The van der Waals surface area contributed by atoms with E-state index in [0.717, 1.165) is 16.3 Å². The second-order valence-electron chi connectivity index (χ2n) is 7.90. The second-order valence-corrected chi connectivity index (χ2v) is 7.90. The van der Waals surface area contributed by atoms with E-state index in [-0.39, 0.29) is 12.4 Å². The lowest BCUT2D eigenvalue weighted by Crippen LogP contribution is -2.27. The Hall–Kier alpha value is -3.67. The van der Waals surface area contributed by atoms with Gasteiger partial charge in [0.15, 0.2) is 12.5 Å². The molecule has 0 amide bonds. The van der Waals surface area contributed by atoms with Crippen LogP contribution in [0.1, 0.15) is 35.6 Å². The zero-order valence-corrected chi connectivity index (χ0v) is 17.4. The van der Waals surface area contributed by atoms with E-state index < -0.39 is 12.5 Å². The maximum atomic E-state index is 12.5. The van der Waals surface area contributed by atoms with E-state index in [2.05, 4.69) is 0 Å². The van der Waals surface area contributed by atoms with Crippen LogP contribution in [0.2, 0.25) is 0 Å². The molecule has 160 valence electrons. The molecule has 0 radical (unpaired) electrons. The summed E-state index contributed by atoms with van der Waals surface area (Å²) in [6.45, 7) is 0. The molecule has 0 bridgehead atoms. The number of nitrogens with zero attached hydrogens (tertiary/aromatic N) is 1. The molecule has 0 saturated heterocycles. The third-order valence-corrected chi connectivity index (χ3v) is 5.88. The molecular formula is C27H23NO4. The van der Waals surface area contributed by atoms with Crippen molar-refractivity contribution in [1.82, 2.24) is 0 Å². The van der Waals surface area contributed by atoms with E-state index in [1.54, 1.807) is 17.0 Å². The van der Waals surface area contributed by atoms with Gasteiger partial charge in [-0.1, -0.05) is 66.7 Å². The highest BCUT2D eigenvalue weighted by atomic mass is 16.5. The van der Waals surface area contributed by atoms with Gasteiger partial charge in [-0.15, -0.1) is 0 Å². The van der Waals surface area contributed by atoms with Crippen molar-refractivity contribution in [3.63, 3.8) is 0 Å². The fraction of sp³-hybridized carbons (Fsp3) is 0.148. The van der Waals surface area contributed by atoms with Crippen LogP contribution in [0.15, 0.2) is 91.0 Å². The standard InChI is InChI=1S/C27H23NO4/c29-25(32-21-10-2-1-3-11-21)15-14-20-16-18-8-4-5-9-19(18)17-24(20)28-26(30)22-12-6-7-13-23(22)27(28)31/h1-13,16-17,26-27,30-31H,14-15H2. The number of anilines is 1. The number of fused-ring (bicyclic) bond motifs is 2. The summed E-state index contributed by atoms with van der Waals surface area (Å²) in [5.74, 6) is 0.179. The SMILES string of the molecule is O=C(CCc1cc2ccccc2cc1N1C(O)c2ccccc2C1O)Oc1ccccc1. The smallest absolute Gasteiger partial charge is 0.311 e.